The SMILES string of the molecule is CC(OC(=O)c1ccc(C(=O)NC(C)(C)C)cc1)c1nc2ncc(Br)cc2[nH]1. The van der Waals surface area contributed by atoms with E-state index in [-0.39, 0.29) is 11.4 Å². The van der Waals surface area contributed by atoms with E-state index in [1.165, 1.54) is 0 Å². The molecule has 0 saturated carbocycles. The summed E-state index contributed by atoms with van der Waals surface area (Å²) in [6.45, 7) is 7.45. The fourth-order valence-electron chi connectivity index (χ4n) is 2.54. The van der Waals surface area contributed by atoms with E-state index in [4.69, 9.17) is 4.74 Å². The fourth-order valence-corrected chi connectivity index (χ4v) is 2.87. The van der Waals surface area contributed by atoms with Crippen LogP contribution in [-0.4, -0.2) is 32.4 Å². The van der Waals surface area contributed by atoms with Gasteiger partial charge in [-0.1, -0.05) is 0 Å². The first-order chi connectivity index (χ1) is 13.1. The molecule has 7 nitrogen and oxygen atoms in total. The van der Waals surface area contributed by atoms with Crippen LogP contribution >= 0.6 is 15.9 Å². The third-order valence-electron chi connectivity index (χ3n) is 3.86. The van der Waals surface area contributed by atoms with Crippen LogP contribution in [0.25, 0.3) is 11.2 Å². The van der Waals surface area contributed by atoms with Gasteiger partial charge in [-0.05, 0) is 74.0 Å². The Morgan fingerprint density at radius 3 is 2.46 bits per heavy atom. The van der Waals surface area contributed by atoms with Crippen molar-refractivity contribution in [1.82, 2.24) is 20.3 Å². The van der Waals surface area contributed by atoms with Crippen molar-refractivity contribution in [2.75, 3.05) is 0 Å². The van der Waals surface area contributed by atoms with Gasteiger partial charge in [-0.2, -0.15) is 0 Å². The van der Waals surface area contributed by atoms with Gasteiger partial charge in [-0.15, -0.1) is 0 Å². The van der Waals surface area contributed by atoms with Crippen LogP contribution in [0.15, 0.2) is 41.0 Å². The number of halogens is 1. The summed E-state index contributed by atoms with van der Waals surface area (Å²) in [4.78, 5) is 36.2. The van der Waals surface area contributed by atoms with Gasteiger partial charge >= 0.3 is 5.97 Å². The van der Waals surface area contributed by atoms with Crippen molar-refractivity contribution < 1.29 is 14.3 Å². The van der Waals surface area contributed by atoms with Gasteiger partial charge < -0.3 is 15.0 Å². The topological polar surface area (TPSA) is 97.0 Å². The molecular formula is C20H21BrN4O3. The molecule has 0 spiro atoms. The molecule has 0 fully saturated rings. The Labute approximate surface area is 171 Å². The first-order valence-corrected chi connectivity index (χ1v) is 9.56. The molecule has 3 aromatic rings. The number of aromatic nitrogens is 3. The van der Waals surface area contributed by atoms with Crippen LogP contribution in [0.4, 0.5) is 0 Å². The van der Waals surface area contributed by atoms with Crippen molar-refractivity contribution in [1.29, 1.82) is 0 Å². The number of ether oxygens (including phenoxy) is 1. The lowest BCUT2D eigenvalue weighted by molar-refractivity contribution is 0.0321. The minimum Gasteiger partial charge on any atom is -0.451 e. The lowest BCUT2D eigenvalue weighted by Crippen LogP contribution is -2.40. The van der Waals surface area contributed by atoms with Crippen LogP contribution in [0.3, 0.4) is 0 Å². The predicted octanol–water partition coefficient (Wildman–Crippen LogP) is 4.17. The zero-order valence-corrected chi connectivity index (χ0v) is 17.6. The summed E-state index contributed by atoms with van der Waals surface area (Å²) in [5.41, 5.74) is 1.81. The van der Waals surface area contributed by atoms with E-state index >= 15 is 0 Å². The highest BCUT2D eigenvalue weighted by Crippen LogP contribution is 2.21. The molecule has 0 saturated heterocycles. The lowest BCUT2D eigenvalue weighted by atomic mass is 10.1. The zero-order valence-electron chi connectivity index (χ0n) is 16.0. The number of fused-ring (bicyclic) bond motifs is 1. The van der Waals surface area contributed by atoms with Gasteiger partial charge in [0.1, 0.15) is 5.82 Å². The van der Waals surface area contributed by atoms with Crippen LogP contribution in [0, 0.1) is 0 Å². The Balaban J connectivity index is 1.68. The summed E-state index contributed by atoms with van der Waals surface area (Å²) in [7, 11) is 0. The molecule has 28 heavy (non-hydrogen) atoms. The van der Waals surface area contributed by atoms with Gasteiger partial charge in [0.2, 0.25) is 0 Å². The Kier molecular flexibility index (Phi) is 5.51. The van der Waals surface area contributed by atoms with Crippen molar-refractivity contribution in [3.8, 4) is 0 Å². The van der Waals surface area contributed by atoms with Crippen molar-refractivity contribution in [2.24, 2.45) is 0 Å². The number of pyridine rings is 1. The first kappa shape index (κ1) is 20.0. The van der Waals surface area contributed by atoms with Crippen LogP contribution < -0.4 is 5.32 Å². The summed E-state index contributed by atoms with van der Waals surface area (Å²) in [5, 5.41) is 2.88. The molecule has 0 radical (unpaired) electrons. The minimum absolute atomic E-state index is 0.193. The summed E-state index contributed by atoms with van der Waals surface area (Å²) in [5.74, 6) is -0.179. The monoisotopic (exact) mass is 444 g/mol. The molecule has 2 N–H and O–H groups in total. The zero-order chi connectivity index (χ0) is 20.5. The average Bonchev–Trinajstić information content (AvgIpc) is 3.03. The molecule has 2 aromatic heterocycles. The number of rotatable bonds is 4. The third kappa shape index (κ3) is 4.75. The number of esters is 1. The molecular weight excluding hydrogens is 424 g/mol. The largest absolute Gasteiger partial charge is 0.451 e. The number of carbonyl (C=O) groups excluding carboxylic acids is 2. The van der Waals surface area contributed by atoms with Gasteiger partial charge in [0.25, 0.3) is 5.91 Å². The summed E-state index contributed by atoms with van der Waals surface area (Å²) >= 11 is 3.36. The Bertz CT molecular complexity index is 1020. The molecule has 1 amide bonds. The number of imidazole rings is 1. The van der Waals surface area contributed by atoms with Gasteiger partial charge in [0.05, 0.1) is 11.1 Å². The molecule has 146 valence electrons. The highest BCUT2D eigenvalue weighted by molar-refractivity contribution is 9.10. The second-order valence-electron chi connectivity index (χ2n) is 7.48. The molecule has 3 rings (SSSR count). The second kappa shape index (κ2) is 7.71. The molecule has 2 heterocycles. The standard InChI is InChI=1S/C20H21BrN4O3/c1-11(16-23-15-9-14(21)10-22-17(15)24-16)28-19(27)13-7-5-12(6-8-13)18(26)25-20(2,3)4/h5-11H,1-4H3,(H,25,26)(H,22,23,24). The fraction of sp³-hybridized carbons (Fsp3) is 0.300. The number of H-pyrrole nitrogens is 1. The second-order valence-corrected chi connectivity index (χ2v) is 8.39. The van der Waals surface area contributed by atoms with Crippen LogP contribution in [0.5, 0.6) is 0 Å². The van der Waals surface area contributed by atoms with Gasteiger partial charge in [-0.25, -0.2) is 14.8 Å². The molecule has 0 aliphatic carbocycles. The number of aromatic amines is 1. The van der Waals surface area contributed by atoms with E-state index in [9.17, 15) is 9.59 Å². The molecule has 1 aromatic carbocycles. The maximum Gasteiger partial charge on any atom is 0.338 e. The quantitative estimate of drug-likeness (QED) is 0.588. The van der Waals surface area contributed by atoms with Crippen molar-refractivity contribution >= 4 is 39.0 Å². The minimum atomic E-state index is -0.579. The maximum absolute atomic E-state index is 12.4. The van der Waals surface area contributed by atoms with E-state index in [0.717, 1.165) is 9.99 Å². The molecule has 8 heteroatoms. The van der Waals surface area contributed by atoms with E-state index in [0.29, 0.717) is 22.6 Å². The van der Waals surface area contributed by atoms with Crippen molar-refractivity contribution in [3.05, 3.63) is 58.0 Å². The average molecular weight is 445 g/mol. The van der Waals surface area contributed by atoms with Crippen molar-refractivity contribution in [2.45, 2.75) is 39.3 Å². The number of hydrogen-bond acceptors (Lipinski definition) is 5. The lowest BCUT2D eigenvalue weighted by Gasteiger charge is -2.20. The van der Waals surface area contributed by atoms with E-state index in [1.807, 2.05) is 26.8 Å². The van der Waals surface area contributed by atoms with Crippen molar-refractivity contribution in [3.63, 3.8) is 0 Å². The maximum atomic E-state index is 12.4. The van der Waals surface area contributed by atoms with Crippen LogP contribution in [-0.2, 0) is 4.74 Å². The van der Waals surface area contributed by atoms with Gasteiger partial charge in [0, 0.05) is 21.8 Å². The first-order valence-electron chi connectivity index (χ1n) is 8.77. The molecule has 0 aliphatic heterocycles. The van der Waals surface area contributed by atoms with Crippen LogP contribution in [0.1, 0.15) is 60.3 Å². The predicted molar refractivity (Wildman–Crippen MR) is 109 cm³/mol. The molecule has 0 bridgehead atoms. The molecule has 1 atom stereocenters. The Hall–Kier alpha value is -2.74. The highest BCUT2D eigenvalue weighted by Gasteiger charge is 2.19. The van der Waals surface area contributed by atoms with Gasteiger partial charge in [-0.3, -0.25) is 4.79 Å². The Morgan fingerprint density at radius 1 is 1.18 bits per heavy atom. The number of nitrogens with one attached hydrogen (secondary N) is 2. The van der Waals surface area contributed by atoms with E-state index < -0.39 is 12.1 Å². The third-order valence-corrected chi connectivity index (χ3v) is 4.30. The number of carbonyl (C=O) groups is 2. The number of amides is 1. The van der Waals surface area contributed by atoms with Gasteiger partial charge in [0.15, 0.2) is 11.8 Å². The number of benzene rings is 1. The van der Waals surface area contributed by atoms with Crippen LogP contribution in [0.2, 0.25) is 0 Å². The van der Waals surface area contributed by atoms with E-state index in [2.05, 4.69) is 36.2 Å². The summed E-state index contributed by atoms with van der Waals surface area (Å²) in [6, 6.07) is 8.21. The molecule has 1 unspecified atom stereocenters. The van der Waals surface area contributed by atoms with E-state index in [1.54, 1.807) is 37.4 Å². The number of nitrogens with zero attached hydrogens (tertiary/aromatic N) is 2. The summed E-state index contributed by atoms with van der Waals surface area (Å²) in [6.07, 6.45) is 1.07. The smallest absolute Gasteiger partial charge is 0.338 e. The summed E-state index contributed by atoms with van der Waals surface area (Å²) < 4.78 is 6.32. The highest BCUT2D eigenvalue weighted by atomic mass is 79.9. The normalized spacial score (nSPS) is 12.6. The number of hydrogen-bond donors (Lipinski definition) is 2. The Morgan fingerprint density at radius 2 is 1.82 bits per heavy atom. The molecule has 0 aliphatic rings.